The first-order valence-electron chi connectivity index (χ1n) is 8.44. The van der Waals surface area contributed by atoms with Crippen molar-refractivity contribution in [1.29, 1.82) is 0 Å². The van der Waals surface area contributed by atoms with Crippen molar-refractivity contribution in [2.75, 3.05) is 5.32 Å². The van der Waals surface area contributed by atoms with Crippen LogP contribution in [0.15, 0.2) is 18.2 Å². The molecule has 0 radical (unpaired) electrons. The number of amides is 1. The van der Waals surface area contributed by atoms with Crippen LogP contribution in [0.2, 0.25) is 0 Å². The molecule has 26 heavy (non-hydrogen) atoms. The van der Waals surface area contributed by atoms with Gasteiger partial charge >= 0.3 is 19.2 Å². The van der Waals surface area contributed by atoms with Gasteiger partial charge < -0.3 is 19.2 Å². The minimum atomic E-state index is -1.12. The maximum Gasteiger partial charge on any atom is 0.494 e. The lowest BCUT2D eigenvalue weighted by Gasteiger charge is -2.32. The number of hydrogen-bond acceptors (Lipinski definition) is 5. The molecule has 1 heterocycles. The Hall–Kier alpha value is -2.06. The second kappa shape index (κ2) is 6.59. The van der Waals surface area contributed by atoms with Gasteiger partial charge in [0.25, 0.3) is 0 Å². The smallest absolute Gasteiger partial charge is 0.478 e. The van der Waals surface area contributed by atoms with Gasteiger partial charge in [-0.25, -0.2) is 9.59 Å². The zero-order valence-corrected chi connectivity index (χ0v) is 16.3. The first-order valence-corrected chi connectivity index (χ1v) is 8.44. The molecule has 1 aliphatic rings. The third kappa shape index (κ3) is 4.56. The van der Waals surface area contributed by atoms with Crippen LogP contribution in [0.3, 0.4) is 0 Å². The van der Waals surface area contributed by atoms with Crippen LogP contribution in [0.25, 0.3) is 0 Å². The van der Waals surface area contributed by atoms with Crippen LogP contribution >= 0.6 is 0 Å². The van der Waals surface area contributed by atoms with Gasteiger partial charge in [-0.05, 0) is 72.1 Å². The van der Waals surface area contributed by atoms with Gasteiger partial charge in [0.15, 0.2) is 0 Å². The minimum absolute atomic E-state index is 0.0169. The van der Waals surface area contributed by atoms with Gasteiger partial charge in [-0.15, -0.1) is 0 Å². The SMILES string of the molecule is CC(C)(C)OC(=O)Nc1cc(B2OC(C)(C)C(C)(C)O2)cc(C(=O)O)c1. The van der Waals surface area contributed by atoms with E-state index in [4.69, 9.17) is 14.0 Å². The number of carbonyl (C=O) groups excluding carboxylic acids is 1. The Kier molecular flexibility index (Phi) is 5.14. The van der Waals surface area contributed by atoms with E-state index in [1.165, 1.54) is 12.1 Å². The van der Waals surface area contributed by atoms with Crippen LogP contribution in [-0.2, 0) is 14.0 Å². The summed E-state index contributed by atoms with van der Waals surface area (Å²) in [6.07, 6.45) is -0.667. The third-order valence-corrected chi connectivity index (χ3v) is 4.37. The topological polar surface area (TPSA) is 94.1 Å². The molecule has 8 heteroatoms. The number of carbonyl (C=O) groups is 2. The summed E-state index contributed by atoms with van der Waals surface area (Å²) in [5.41, 5.74) is -0.962. The molecule has 1 saturated heterocycles. The largest absolute Gasteiger partial charge is 0.494 e. The summed E-state index contributed by atoms with van der Waals surface area (Å²) in [6.45, 7) is 12.9. The van der Waals surface area contributed by atoms with E-state index in [0.717, 1.165) is 0 Å². The molecule has 2 rings (SSSR count). The van der Waals surface area contributed by atoms with Crippen molar-refractivity contribution < 1.29 is 28.7 Å². The Morgan fingerprint density at radius 1 is 1.08 bits per heavy atom. The first kappa shape index (κ1) is 20.3. The summed E-state index contributed by atoms with van der Waals surface area (Å²) in [4.78, 5) is 23.5. The fraction of sp³-hybridized carbons (Fsp3) is 0.556. The highest BCUT2D eigenvalue weighted by Crippen LogP contribution is 2.36. The molecular formula is C18H26BNO6. The number of aromatic carboxylic acids is 1. The van der Waals surface area contributed by atoms with Crippen LogP contribution < -0.4 is 10.8 Å². The summed E-state index contributed by atoms with van der Waals surface area (Å²) in [5, 5.41) is 11.9. The molecule has 1 aromatic carbocycles. The van der Waals surface area contributed by atoms with E-state index < -0.39 is 36.0 Å². The molecule has 0 spiro atoms. The third-order valence-electron chi connectivity index (χ3n) is 4.37. The molecule has 0 unspecified atom stereocenters. The van der Waals surface area contributed by atoms with Crippen LogP contribution in [0, 0.1) is 0 Å². The van der Waals surface area contributed by atoms with Gasteiger partial charge in [-0.2, -0.15) is 0 Å². The van der Waals surface area contributed by atoms with Crippen LogP contribution in [-0.4, -0.2) is 41.1 Å². The summed E-state index contributed by atoms with van der Waals surface area (Å²) in [6, 6.07) is 4.46. The average molecular weight is 363 g/mol. The summed E-state index contributed by atoms with van der Waals surface area (Å²) in [7, 11) is -0.738. The Labute approximate surface area is 154 Å². The zero-order valence-electron chi connectivity index (χ0n) is 16.3. The predicted molar refractivity (Wildman–Crippen MR) is 99.0 cm³/mol. The molecule has 1 fully saturated rings. The highest BCUT2D eigenvalue weighted by molar-refractivity contribution is 6.62. The van der Waals surface area contributed by atoms with E-state index >= 15 is 0 Å². The number of carboxylic acids is 1. The lowest BCUT2D eigenvalue weighted by atomic mass is 9.78. The number of benzene rings is 1. The van der Waals surface area contributed by atoms with Gasteiger partial charge in [0.05, 0.1) is 16.8 Å². The average Bonchev–Trinajstić information content (AvgIpc) is 2.64. The number of ether oxygens (including phenoxy) is 1. The van der Waals surface area contributed by atoms with Crippen LogP contribution in [0.4, 0.5) is 10.5 Å². The standard InChI is InChI=1S/C18H26BNO6/c1-16(2,3)24-15(23)20-13-9-11(14(21)22)8-12(10-13)19-25-17(4,5)18(6,7)26-19/h8-10H,1-7H3,(H,20,23)(H,21,22). The number of anilines is 1. The number of carboxylic acid groups (broad SMARTS) is 1. The van der Waals surface area contributed by atoms with Gasteiger partial charge in [-0.1, -0.05) is 0 Å². The molecule has 0 atom stereocenters. The molecule has 0 aliphatic carbocycles. The van der Waals surface area contributed by atoms with Gasteiger partial charge in [0, 0.05) is 5.69 Å². The van der Waals surface area contributed by atoms with Crippen LogP contribution in [0.1, 0.15) is 58.8 Å². The monoisotopic (exact) mass is 363 g/mol. The molecule has 0 saturated carbocycles. The number of hydrogen-bond donors (Lipinski definition) is 2. The summed E-state index contributed by atoms with van der Waals surface area (Å²) in [5.74, 6) is -1.12. The predicted octanol–water partition coefficient (Wildman–Crippen LogP) is 3.03. The van der Waals surface area contributed by atoms with Crippen molar-refractivity contribution in [1.82, 2.24) is 0 Å². The van der Waals surface area contributed by atoms with Gasteiger partial charge in [0.2, 0.25) is 0 Å². The van der Waals surface area contributed by atoms with Crippen molar-refractivity contribution >= 4 is 30.3 Å². The van der Waals surface area contributed by atoms with Crippen molar-refractivity contribution in [2.45, 2.75) is 65.3 Å². The minimum Gasteiger partial charge on any atom is -0.478 e. The lowest BCUT2D eigenvalue weighted by Crippen LogP contribution is -2.41. The second-order valence-corrected chi connectivity index (χ2v) is 8.36. The molecule has 2 N–H and O–H groups in total. The highest BCUT2D eigenvalue weighted by Gasteiger charge is 2.51. The van der Waals surface area contributed by atoms with Crippen molar-refractivity contribution in [3.63, 3.8) is 0 Å². The molecule has 1 aliphatic heterocycles. The summed E-state index contributed by atoms with van der Waals surface area (Å²) >= 11 is 0. The molecule has 7 nitrogen and oxygen atoms in total. The number of nitrogens with one attached hydrogen (secondary N) is 1. The maximum absolute atomic E-state index is 12.0. The second-order valence-electron chi connectivity index (χ2n) is 8.36. The van der Waals surface area contributed by atoms with Crippen molar-refractivity contribution in [2.24, 2.45) is 0 Å². The van der Waals surface area contributed by atoms with Crippen molar-refractivity contribution in [3.05, 3.63) is 23.8 Å². The molecular weight excluding hydrogens is 337 g/mol. The van der Waals surface area contributed by atoms with E-state index in [1.807, 2.05) is 27.7 Å². The first-order chi connectivity index (χ1) is 11.7. The van der Waals surface area contributed by atoms with E-state index in [2.05, 4.69) is 5.32 Å². The summed E-state index contributed by atoms with van der Waals surface area (Å²) < 4.78 is 17.1. The Morgan fingerprint density at radius 3 is 2.08 bits per heavy atom. The van der Waals surface area contributed by atoms with E-state index in [9.17, 15) is 14.7 Å². The Morgan fingerprint density at radius 2 is 1.62 bits per heavy atom. The van der Waals surface area contributed by atoms with Gasteiger partial charge in [-0.3, -0.25) is 5.32 Å². The zero-order chi connectivity index (χ0) is 19.9. The fourth-order valence-corrected chi connectivity index (χ4v) is 2.38. The van der Waals surface area contributed by atoms with E-state index in [1.54, 1.807) is 26.8 Å². The van der Waals surface area contributed by atoms with E-state index in [0.29, 0.717) is 11.2 Å². The molecule has 1 amide bonds. The molecule has 142 valence electrons. The number of rotatable bonds is 3. The Bertz CT molecular complexity index is 707. The normalized spacial score (nSPS) is 18.5. The highest BCUT2D eigenvalue weighted by atomic mass is 16.7. The molecule has 0 aromatic heterocycles. The molecule has 1 aromatic rings. The molecule has 0 bridgehead atoms. The maximum atomic E-state index is 12.0. The Balaban J connectivity index is 2.32. The van der Waals surface area contributed by atoms with Crippen LogP contribution in [0.5, 0.6) is 0 Å². The lowest BCUT2D eigenvalue weighted by molar-refractivity contribution is 0.00578. The van der Waals surface area contributed by atoms with E-state index in [-0.39, 0.29) is 5.56 Å². The fourth-order valence-electron chi connectivity index (χ4n) is 2.38. The van der Waals surface area contributed by atoms with Crippen molar-refractivity contribution in [3.8, 4) is 0 Å². The quantitative estimate of drug-likeness (QED) is 0.802. The van der Waals surface area contributed by atoms with Gasteiger partial charge in [0.1, 0.15) is 5.60 Å².